The molecule has 4 heterocycles. The number of carbonyl (C=O) groups is 1. The molecule has 8 heteroatoms. The summed E-state index contributed by atoms with van der Waals surface area (Å²) in [6.07, 6.45) is 9.83. The highest BCUT2D eigenvalue weighted by atomic mass is 16.2. The second kappa shape index (κ2) is 6.56. The van der Waals surface area contributed by atoms with Gasteiger partial charge in [-0.3, -0.25) is 4.79 Å². The van der Waals surface area contributed by atoms with Crippen molar-refractivity contribution in [2.75, 3.05) is 18.0 Å². The van der Waals surface area contributed by atoms with E-state index in [-0.39, 0.29) is 17.8 Å². The summed E-state index contributed by atoms with van der Waals surface area (Å²) >= 11 is 0. The maximum Gasteiger partial charge on any atom is 0.289 e. The number of anilines is 1. The Morgan fingerprint density at radius 3 is 2.93 bits per heavy atom. The number of nitrogens with zero attached hydrogens (tertiary/aromatic N) is 6. The molecule has 0 aliphatic carbocycles. The Labute approximate surface area is 161 Å². The van der Waals surface area contributed by atoms with Crippen LogP contribution in [0.1, 0.15) is 22.6 Å². The Kier molecular flexibility index (Phi) is 3.89. The molecular weight excluding hydrogens is 354 g/mol. The highest BCUT2D eigenvalue weighted by Gasteiger charge is 2.27. The number of amides is 1. The van der Waals surface area contributed by atoms with Gasteiger partial charge in [0.1, 0.15) is 0 Å². The maximum absolute atomic E-state index is 12.6. The van der Waals surface area contributed by atoms with Gasteiger partial charge in [0.25, 0.3) is 5.91 Å². The molecule has 0 radical (unpaired) electrons. The molecule has 8 nitrogen and oxygen atoms in total. The molecule has 1 aliphatic rings. The van der Waals surface area contributed by atoms with Gasteiger partial charge in [-0.1, -0.05) is 11.6 Å². The molecule has 1 unspecified atom stereocenters. The van der Waals surface area contributed by atoms with E-state index in [4.69, 9.17) is 0 Å². The van der Waals surface area contributed by atoms with Crippen molar-refractivity contribution >= 4 is 28.3 Å². The Bertz CT molecular complexity index is 1190. The maximum atomic E-state index is 12.6. The number of fused-ring (bicyclic) bond motifs is 2. The van der Waals surface area contributed by atoms with Gasteiger partial charge in [-0.25, -0.2) is 19.9 Å². The third-order valence-corrected chi connectivity index (χ3v) is 5.05. The zero-order chi connectivity index (χ0) is 19.1. The summed E-state index contributed by atoms with van der Waals surface area (Å²) in [6, 6.07) is 5.92. The van der Waals surface area contributed by atoms with Gasteiger partial charge >= 0.3 is 0 Å². The molecular formula is C20H19N7O. The fourth-order valence-electron chi connectivity index (χ4n) is 3.65. The average Bonchev–Trinajstić information content (AvgIpc) is 3.36. The second-order valence-electron chi connectivity index (χ2n) is 7.07. The highest BCUT2D eigenvalue weighted by Crippen LogP contribution is 2.22. The van der Waals surface area contributed by atoms with Crippen molar-refractivity contribution in [3.63, 3.8) is 0 Å². The normalized spacial score (nSPS) is 16.8. The lowest BCUT2D eigenvalue weighted by atomic mass is 10.2. The van der Waals surface area contributed by atoms with Crippen molar-refractivity contribution in [1.82, 2.24) is 29.7 Å². The molecule has 3 aromatic heterocycles. The van der Waals surface area contributed by atoms with Crippen molar-refractivity contribution < 1.29 is 4.79 Å². The van der Waals surface area contributed by atoms with Gasteiger partial charge in [0.2, 0.25) is 5.82 Å². The quantitative estimate of drug-likeness (QED) is 0.591. The summed E-state index contributed by atoms with van der Waals surface area (Å²) in [5.74, 6) is 0.783. The molecule has 0 saturated carbocycles. The molecule has 4 aromatic rings. The largest absolute Gasteiger partial charge is 0.351 e. The molecule has 1 atom stereocenters. The Balaban J connectivity index is 1.31. The minimum Gasteiger partial charge on any atom is -0.351 e. The first-order valence-electron chi connectivity index (χ1n) is 9.24. The fraction of sp³-hybridized carbons (Fsp3) is 0.250. The summed E-state index contributed by atoms with van der Waals surface area (Å²) in [4.78, 5) is 32.3. The van der Waals surface area contributed by atoms with Gasteiger partial charge in [-0.2, -0.15) is 0 Å². The topological polar surface area (TPSA) is 88.3 Å². The molecule has 140 valence electrons. The lowest BCUT2D eigenvalue weighted by Gasteiger charge is -2.18. The molecule has 28 heavy (non-hydrogen) atoms. The van der Waals surface area contributed by atoms with Crippen LogP contribution < -0.4 is 10.2 Å². The summed E-state index contributed by atoms with van der Waals surface area (Å²) < 4.78 is 1.94. The van der Waals surface area contributed by atoms with Crippen LogP contribution in [0.15, 0.2) is 49.2 Å². The van der Waals surface area contributed by atoms with E-state index >= 15 is 0 Å². The predicted octanol–water partition coefficient (Wildman–Crippen LogP) is 1.99. The van der Waals surface area contributed by atoms with E-state index in [1.165, 1.54) is 0 Å². The van der Waals surface area contributed by atoms with Crippen molar-refractivity contribution in [3.05, 3.63) is 60.6 Å². The van der Waals surface area contributed by atoms with Crippen LogP contribution in [0.5, 0.6) is 0 Å². The standard InChI is InChI=1S/C20H19N7O/c1-13-2-3-16-14(10-13)11-23-17(25-16)20(28)24-15-4-7-27(12-15)19-18-21-5-8-26(18)9-6-22-19/h2-3,5-6,8-11,15H,4,7,12H2,1H3,(H,24,28). The Morgan fingerprint density at radius 1 is 1.18 bits per heavy atom. The van der Waals surface area contributed by atoms with Crippen LogP contribution in [0.4, 0.5) is 5.82 Å². The number of aromatic nitrogens is 5. The third kappa shape index (κ3) is 2.92. The summed E-state index contributed by atoms with van der Waals surface area (Å²) in [5, 5.41) is 3.99. The first-order valence-corrected chi connectivity index (χ1v) is 9.24. The van der Waals surface area contributed by atoms with E-state index in [0.29, 0.717) is 6.54 Å². The summed E-state index contributed by atoms with van der Waals surface area (Å²) in [5.41, 5.74) is 2.73. The minimum absolute atomic E-state index is 0.0156. The number of hydrogen-bond donors (Lipinski definition) is 1. The molecule has 0 bridgehead atoms. The Morgan fingerprint density at radius 2 is 2.04 bits per heavy atom. The van der Waals surface area contributed by atoms with Crippen LogP contribution in [0.2, 0.25) is 0 Å². The number of imidazole rings is 1. The van der Waals surface area contributed by atoms with Gasteiger partial charge < -0.3 is 14.6 Å². The molecule has 1 aliphatic heterocycles. The van der Waals surface area contributed by atoms with Gasteiger partial charge in [-0.05, 0) is 25.5 Å². The third-order valence-electron chi connectivity index (χ3n) is 5.05. The predicted molar refractivity (Wildman–Crippen MR) is 105 cm³/mol. The number of benzene rings is 1. The van der Waals surface area contributed by atoms with E-state index in [9.17, 15) is 4.79 Å². The van der Waals surface area contributed by atoms with Crippen LogP contribution in [0, 0.1) is 6.92 Å². The average molecular weight is 373 g/mol. The van der Waals surface area contributed by atoms with Crippen LogP contribution in [-0.2, 0) is 0 Å². The lowest BCUT2D eigenvalue weighted by Crippen LogP contribution is -2.38. The van der Waals surface area contributed by atoms with E-state index in [0.717, 1.165) is 40.9 Å². The number of carbonyl (C=O) groups excluding carboxylic acids is 1. The molecule has 1 amide bonds. The van der Waals surface area contributed by atoms with Gasteiger partial charge in [-0.15, -0.1) is 0 Å². The first kappa shape index (κ1) is 16.6. The molecule has 1 fully saturated rings. The molecule has 5 rings (SSSR count). The lowest BCUT2D eigenvalue weighted by molar-refractivity contribution is 0.0930. The van der Waals surface area contributed by atoms with Crippen molar-refractivity contribution in [1.29, 1.82) is 0 Å². The molecule has 1 N–H and O–H groups in total. The zero-order valence-corrected chi connectivity index (χ0v) is 15.4. The number of hydrogen-bond acceptors (Lipinski definition) is 6. The Hall–Kier alpha value is -3.55. The van der Waals surface area contributed by atoms with Crippen molar-refractivity contribution in [2.45, 2.75) is 19.4 Å². The monoisotopic (exact) mass is 373 g/mol. The second-order valence-corrected chi connectivity index (χ2v) is 7.07. The summed E-state index contributed by atoms with van der Waals surface area (Å²) in [6.45, 7) is 3.51. The van der Waals surface area contributed by atoms with Gasteiger partial charge in [0.15, 0.2) is 11.5 Å². The first-order chi connectivity index (χ1) is 13.7. The van der Waals surface area contributed by atoms with Crippen LogP contribution >= 0.6 is 0 Å². The molecule has 0 spiro atoms. The van der Waals surface area contributed by atoms with E-state index < -0.39 is 0 Å². The SMILES string of the molecule is Cc1ccc2nc(C(=O)NC3CCN(c4nccn5ccnc45)C3)ncc2c1. The number of aryl methyl sites for hydroxylation is 1. The van der Waals surface area contributed by atoms with Crippen molar-refractivity contribution in [3.8, 4) is 0 Å². The van der Waals surface area contributed by atoms with E-state index in [2.05, 4.69) is 30.2 Å². The van der Waals surface area contributed by atoms with Gasteiger partial charge in [0.05, 0.1) is 5.52 Å². The smallest absolute Gasteiger partial charge is 0.289 e. The minimum atomic E-state index is -0.249. The zero-order valence-electron chi connectivity index (χ0n) is 15.4. The fourth-order valence-corrected chi connectivity index (χ4v) is 3.65. The van der Waals surface area contributed by atoms with Crippen LogP contribution in [0.3, 0.4) is 0 Å². The van der Waals surface area contributed by atoms with Gasteiger partial charge in [0, 0.05) is 55.5 Å². The van der Waals surface area contributed by atoms with Crippen LogP contribution in [0.25, 0.3) is 16.6 Å². The summed E-state index contributed by atoms with van der Waals surface area (Å²) in [7, 11) is 0. The van der Waals surface area contributed by atoms with Crippen LogP contribution in [-0.4, -0.2) is 49.4 Å². The van der Waals surface area contributed by atoms with E-state index in [1.807, 2.05) is 41.9 Å². The number of nitrogens with one attached hydrogen (secondary N) is 1. The highest BCUT2D eigenvalue weighted by molar-refractivity contribution is 5.93. The molecule has 1 saturated heterocycles. The molecule has 1 aromatic carbocycles. The van der Waals surface area contributed by atoms with E-state index in [1.54, 1.807) is 18.6 Å². The van der Waals surface area contributed by atoms with Crippen molar-refractivity contribution in [2.24, 2.45) is 0 Å². The number of rotatable bonds is 3.